The van der Waals surface area contributed by atoms with E-state index in [1.165, 1.54) is 19.3 Å². The first-order valence-electron chi connectivity index (χ1n) is 13.7. The number of carboxylic acids is 1. The monoisotopic (exact) mass is 454 g/mol. The summed E-state index contributed by atoms with van der Waals surface area (Å²) < 4.78 is 0. The summed E-state index contributed by atoms with van der Waals surface area (Å²) in [5, 5.41) is 10.1. The van der Waals surface area contributed by atoms with Gasteiger partial charge >= 0.3 is 5.97 Å². The number of allylic oxidation sites excluding steroid dienone is 2. The molecule has 5 rings (SSSR count). The fraction of sp³-hybridized carbons (Fsp3) is 0.867. The molecule has 3 heteroatoms. The minimum Gasteiger partial charge on any atom is -0.481 e. The molecule has 184 valence electrons. The topological polar surface area (TPSA) is 54.4 Å². The van der Waals surface area contributed by atoms with Crippen LogP contribution in [0, 0.1) is 56.7 Å². The normalized spacial score (nSPS) is 53.1. The number of carboxylic acid groups (broad SMARTS) is 1. The van der Waals surface area contributed by atoms with Crippen molar-refractivity contribution in [3.63, 3.8) is 0 Å². The van der Waals surface area contributed by atoms with Gasteiger partial charge in [0.2, 0.25) is 0 Å². The summed E-state index contributed by atoms with van der Waals surface area (Å²) in [5.74, 6) is 2.58. The molecule has 0 aromatic heterocycles. The summed E-state index contributed by atoms with van der Waals surface area (Å²) in [6.45, 7) is 16.4. The van der Waals surface area contributed by atoms with Gasteiger partial charge in [0.1, 0.15) is 5.78 Å². The van der Waals surface area contributed by atoms with Gasteiger partial charge in [-0.2, -0.15) is 0 Å². The highest BCUT2D eigenvalue weighted by Crippen LogP contribution is 2.73. The van der Waals surface area contributed by atoms with Gasteiger partial charge < -0.3 is 5.11 Å². The first kappa shape index (κ1) is 23.6. The molecule has 0 saturated heterocycles. The second-order valence-electron chi connectivity index (χ2n) is 14.5. The van der Waals surface area contributed by atoms with E-state index in [4.69, 9.17) is 0 Å². The van der Waals surface area contributed by atoms with E-state index >= 15 is 0 Å². The largest absolute Gasteiger partial charge is 0.481 e. The van der Waals surface area contributed by atoms with Crippen molar-refractivity contribution in [2.24, 2.45) is 56.7 Å². The van der Waals surface area contributed by atoms with Gasteiger partial charge in [0, 0.05) is 11.8 Å². The van der Waals surface area contributed by atoms with Gasteiger partial charge in [-0.3, -0.25) is 9.59 Å². The molecule has 0 aromatic rings. The fourth-order valence-electron chi connectivity index (χ4n) is 10.7. The van der Waals surface area contributed by atoms with E-state index in [1.54, 1.807) is 5.57 Å². The van der Waals surface area contributed by atoms with Gasteiger partial charge in [-0.1, -0.05) is 53.2 Å². The highest BCUT2D eigenvalue weighted by molar-refractivity contribution is 5.85. The third kappa shape index (κ3) is 2.92. The van der Waals surface area contributed by atoms with Gasteiger partial charge in [-0.25, -0.2) is 0 Å². The Kier molecular flexibility index (Phi) is 4.99. The average molecular weight is 455 g/mol. The third-order valence-corrected chi connectivity index (χ3v) is 12.6. The van der Waals surface area contributed by atoms with E-state index in [0.29, 0.717) is 35.4 Å². The van der Waals surface area contributed by atoms with Crippen LogP contribution in [0.2, 0.25) is 0 Å². The molecule has 0 radical (unpaired) electrons. The van der Waals surface area contributed by atoms with Crippen LogP contribution >= 0.6 is 0 Å². The molecule has 0 aromatic carbocycles. The maximum Gasteiger partial charge on any atom is 0.309 e. The van der Waals surface area contributed by atoms with Crippen molar-refractivity contribution in [2.45, 2.75) is 106 Å². The lowest BCUT2D eigenvalue weighted by Gasteiger charge is -2.69. The lowest BCUT2D eigenvalue weighted by Crippen LogP contribution is -2.62. The number of Topliss-reactive ketones (excluding diaryl/α,β-unsaturated/α-hetero) is 1. The number of carbonyl (C=O) groups is 2. The van der Waals surface area contributed by atoms with E-state index in [0.717, 1.165) is 38.5 Å². The first-order chi connectivity index (χ1) is 15.2. The number of fused-ring (bicyclic) bond motifs is 7. The Labute approximate surface area is 201 Å². The quantitative estimate of drug-likeness (QED) is 0.423. The third-order valence-electron chi connectivity index (χ3n) is 12.6. The smallest absolute Gasteiger partial charge is 0.309 e. The summed E-state index contributed by atoms with van der Waals surface area (Å²) in [6, 6.07) is 0. The van der Waals surface area contributed by atoms with E-state index in [9.17, 15) is 14.7 Å². The van der Waals surface area contributed by atoms with Crippen LogP contribution < -0.4 is 0 Å². The number of rotatable bonds is 1. The summed E-state index contributed by atoms with van der Waals surface area (Å²) in [5.41, 5.74) is 1.38. The Hall–Kier alpha value is -1.12. The van der Waals surface area contributed by atoms with Gasteiger partial charge in [0.05, 0.1) is 5.41 Å². The maximum atomic E-state index is 12.9. The van der Waals surface area contributed by atoms with E-state index in [-0.39, 0.29) is 21.7 Å². The highest BCUT2D eigenvalue weighted by Gasteiger charge is 2.66. The molecular formula is C30H46O3. The SMILES string of the molecule is C[C@H]1C=C2[C@]3(C)CC[C@H]4C(C)(C)C(=O)CC[C@]4(C)[C@H]3CC[C@@]2(C)[C@@H]2C[C@](C)(C(=O)O)CC[C@@H]21. The maximum absolute atomic E-state index is 12.9. The number of hydrogen-bond acceptors (Lipinski definition) is 2. The van der Waals surface area contributed by atoms with Crippen LogP contribution in [0.15, 0.2) is 11.6 Å². The molecule has 4 saturated carbocycles. The number of carbonyl (C=O) groups excluding carboxylic acids is 1. The van der Waals surface area contributed by atoms with E-state index in [1.807, 2.05) is 6.92 Å². The van der Waals surface area contributed by atoms with Crippen molar-refractivity contribution in [3.8, 4) is 0 Å². The van der Waals surface area contributed by atoms with Gasteiger partial charge in [-0.05, 0) is 104 Å². The van der Waals surface area contributed by atoms with E-state index < -0.39 is 11.4 Å². The van der Waals surface area contributed by atoms with Crippen LogP contribution in [0.1, 0.15) is 106 Å². The molecule has 3 nitrogen and oxygen atoms in total. The molecule has 0 spiro atoms. The van der Waals surface area contributed by atoms with Crippen molar-refractivity contribution in [1.82, 2.24) is 0 Å². The standard InChI is InChI=1S/C30H46O3/c1-18-16-23-28(5,20-17-27(4,25(32)33)12-8-19(18)20)13-10-22-29(6)15-11-24(31)26(2,3)21(29)9-14-30(22,23)7/h16,18-22H,8-15,17H2,1-7H3,(H,32,33)/t18-,19+,20+,21-,22+,27+,28-,29-,30+/m0/s1. The number of hydrogen-bond donors (Lipinski definition) is 1. The average Bonchev–Trinajstić information content (AvgIpc) is 2.72. The fourth-order valence-corrected chi connectivity index (χ4v) is 10.7. The molecule has 0 bridgehead atoms. The zero-order valence-electron chi connectivity index (χ0n) is 22.1. The Bertz CT molecular complexity index is 916. The lowest BCUT2D eigenvalue weighted by molar-refractivity contribution is -0.169. The van der Waals surface area contributed by atoms with E-state index in [2.05, 4.69) is 47.6 Å². The van der Waals surface area contributed by atoms with Crippen molar-refractivity contribution in [1.29, 1.82) is 0 Å². The second-order valence-corrected chi connectivity index (χ2v) is 14.5. The van der Waals surface area contributed by atoms with Crippen LogP contribution in [0.25, 0.3) is 0 Å². The minimum absolute atomic E-state index is 0.114. The van der Waals surface area contributed by atoms with Crippen LogP contribution in [-0.2, 0) is 9.59 Å². The van der Waals surface area contributed by atoms with Gasteiger partial charge in [0.15, 0.2) is 0 Å². The minimum atomic E-state index is -0.602. The van der Waals surface area contributed by atoms with Crippen LogP contribution in [-0.4, -0.2) is 16.9 Å². The van der Waals surface area contributed by atoms with Crippen molar-refractivity contribution < 1.29 is 14.7 Å². The molecule has 9 atom stereocenters. The van der Waals surface area contributed by atoms with Gasteiger partial charge in [0.25, 0.3) is 0 Å². The zero-order valence-corrected chi connectivity index (χ0v) is 22.1. The Morgan fingerprint density at radius 3 is 2.21 bits per heavy atom. The first-order valence-corrected chi connectivity index (χ1v) is 13.7. The van der Waals surface area contributed by atoms with Crippen molar-refractivity contribution >= 4 is 11.8 Å². The Balaban J connectivity index is 1.56. The zero-order chi connectivity index (χ0) is 24.2. The molecule has 33 heavy (non-hydrogen) atoms. The summed E-state index contributed by atoms with van der Waals surface area (Å²) >= 11 is 0. The molecule has 0 aliphatic heterocycles. The number of aliphatic carboxylic acids is 1. The molecule has 5 aliphatic carbocycles. The highest BCUT2D eigenvalue weighted by atomic mass is 16.4. The van der Waals surface area contributed by atoms with Gasteiger partial charge in [-0.15, -0.1) is 0 Å². The molecule has 1 N–H and O–H groups in total. The molecule has 5 aliphatic rings. The Morgan fingerprint density at radius 1 is 0.909 bits per heavy atom. The van der Waals surface area contributed by atoms with Crippen molar-refractivity contribution in [2.75, 3.05) is 0 Å². The molecule has 0 heterocycles. The second kappa shape index (κ2) is 6.97. The predicted molar refractivity (Wildman–Crippen MR) is 132 cm³/mol. The Morgan fingerprint density at radius 2 is 1.55 bits per heavy atom. The summed E-state index contributed by atoms with van der Waals surface area (Å²) in [7, 11) is 0. The predicted octanol–water partition coefficient (Wildman–Crippen LogP) is 7.30. The van der Waals surface area contributed by atoms with Crippen LogP contribution in [0.4, 0.5) is 0 Å². The molecule has 4 fully saturated rings. The summed E-state index contributed by atoms with van der Waals surface area (Å²) in [4.78, 5) is 25.1. The number of ketones is 1. The van der Waals surface area contributed by atoms with Crippen molar-refractivity contribution in [3.05, 3.63) is 11.6 Å². The molecule has 0 unspecified atom stereocenters. The lowest BCUT2D eigenvalue weighted by atomic mass is 9.35. The molecule has 0 amide bonds. The summed E-state index contributed by atoms with van der Waals surface area (Å²) in [6.07, 6.45) is 11.9. The van der Waals surface area contributed by atoms with Crippen LogP contribution in [0.5, 0.6) is 0 Å². The molecular weight excluding hydrogens is 408 g/mol. The van der Waals surface area contributed by atoms with Crippen LogP contribution in [0.3, 0.4) is 0 Å².